The van der Waals surface area contributed by atoms with Crippen LogP contribution in [-0.2, 0) is 9.47 Å². The lowest BCUT2D eigenvalue weighted by atomic mass is 9.44. The summed E-state index contributed by atoms with van der Waals surface area (Å²) in [5, 5.41) is 0. The molecule has 6 rings (SSSR count). The number of fused-ring (bicyclic) bond motifs is 7. The van der Waals surface area contributed by atoms with Gasteiger partial charge in [-0.2, -0.15) is 0 Å². The summed E-state index contributed by atoms with van der Waals surface area (Å²) in [5.74, 6) is 5.62. The van der Waals surface area contributed by atoms with Gasteiger partial charge in [-0.25, -0.2) is 0 Å². The predicted octanol–water partition coefficient (Wildman–Crippen LogP) is 6.82. The second kappa shape index (κ2) is 6.47. The van der Waals surface area contributed by atoms with Gasteiger partial charge in [0.1, 0.15) is 0 Å². The molecule has 3 unspecified atom stereocenters. The smallest absolute Gasteiger partial charge is 0.171 e. The first-order valence-electron chi connectivity index (χ1n) is 13.2. The Kier molecular flexibility index (Phi) is 4.37. The molecule has 2 heteroatoms. The van der Waals surface area contributed by atoms with Crippen LogP contribution in [0, 0.1) is 52.3 Å². The third-order valence-corrected chi connectivity index (χ3v) is 11.9. The normalized spacial score (nSPS) is 61.7. The highest BCUT2D eigenvalue weighted by Gasteiger charge is 2.68. The van der Waals surface area contributed by atoms with Gasteiger partial charge in [0.05, 0.1) is 12.7 Å². The summed E-state index contributed by atoms with van der Waals surface area (Å²) in [6.45, 7) is 11.1. The molecule has 29 heavy (non-hydrogen) atoms. The molecule has 0 amide bonds. The molecule has 11 atom stereocenters. The fourth-order valence-electron chi connectivity index (χ4n) is 10.3. The molecular weight excluding hydrogens is 356 g/mol. The molecule has 0 radical (unpaired) electrons. The van der Waals surface area contributed by atoms with Crippen LogP contribution in [0.25, 0.3) is 0 Å². The average Bonchev–Trinajstić information content (AvgIpc) is 3.15. The molecule has 4 aliphatic carbocycles. The van der Waals surface area contributed by atoms with Crippen molar-refractivity contribution < 1.29 is 9.47 Å². The molecule has 0 bridgehead atoms. The summed E-state index contributed by atoms with van der Waals surface area (Å²) in [7, 11) is 0. The molecular formula is C27H44O2. The highest BCUT2D eigenvalue weighted by atomic mass is 16.7. The molecule has 6 fully saturated rings. The van der Waals surface area contributed by atoms with Gasteiger partial charge >= 0.3 is 0 Å². The van der Waals surface area contributed by atoms with E-state index < -0.39 is 0 Å². The van der Waals surface area contributed by atoms with E-state index in [4.69, 9.17) is 9.47 Å². The summed E-state index contributed by atoms with van der Waals surface area (Å²) in [4.78, 5) is 0. The van der Waals surface area contributed by atoms with Crippen molar-refractivity contribution in [1.82, 2.24) is 0 Å². The molecule has 0 aromatic heterocycles. The maximum absolute atomic E-state index is 6.92. The van der Waals surface area contributed by atoms with E-state index in [2.05, 4.69) is 27.7 Å². The van der Waals surface area contributed by atoms with Crippen LogP contribution in [0.1, 0.15) is 98.3 Å². The Morgan fingerprint density at radius 1 is 0.793 bits per heavy atom. The minimum atomic E-state index is -0.250. The molecule has 2 heterocycles. The van der Waals surface area contributed by atoms with Gasteiger partial charge in [0, 0.05) is 12.3 Å². The molecule has 6 aliphatic rings. The molecule has 0 aromatic rings. The standard InChI is InChI=1S/C27H44O2/c1-17-10-14-27(28-16-17)18(2)24-23(29-27)15-22-20-9-8-19-7-5-6-12-25(19,3)21(20)11-13-26(22,24)4/h17-24H,5-16H2,1-4H3/t17?,18-,19+,20?,21-,22-,23-,24?,25-,26-,27+/m0/s1. The summed E-state index contributed by atoms with van der Waals surface area (Å²) < 4.78 is 13.4. The van der Waals surface area contributed by atoms with Gasteiger partial charge in [-0.3, -0.25) is 0 Å². The number of ether oxygens (including phenoxy) is 2. The van der Waals surface area contributed by atoms with Crippen molar-refractivity contribution in [3.8, 4) is 0 Å². The van der Waals surface area contributed by atoms with Gasteiger partial charge in [-0.1, -0.05) is 40.5 Å². The summed E-state index contributed by atoms with van der Waals surface area (Å²) in [5.41, 5.74) is 1.13. The van der Waals surface area contributed by atoms with Crippen molar-refractivity contribution >= 4 is 0 Å². The second-order valence-electron chi connectivity index (χ2n) is 12.9. The second-order valence-corrected chi connectivity index (χ2v) is 12.9. The van der Waals surface area contributed by atoms with E-state index in [1.165, 1.54) is 64.2 Å². The lowest BCUT2D eigenvalue weighted by molar-refractivity contribution is -0.273. The minimum Gasteiger partial charge on any atom is -0.349 e. The van der Waals surface area contributed by atoms with E-state index >= 15 is 0 Å². The first-order chi connectivity index (χ1) is 13.9. The molecule has 2 saturated heterocycles. The van der Waals surface area contributed by atoms with Gasteiger partial charge in [-0.15, -0.1) is 0 Å². The van der Waals surface area contributed by atoms with Gasteiger partial charge in [-0.05, 0) is 97.7 Å². The Morgan fingerprint density at radius 2 is 1.66 bits per heavy atom. The van der Waals surface area contributed by atoms with Crippen LogP contribution in [0.5, 0.6) is 0 Å². The van der Waals surface area contributed by atoms with Gasteiger partial charge in [0.2, 0.25) is 0 Å². The zero-order chi connectivity index (χ0) is 20.0. The van der Waals surface area contributed by atoms with Crippen molar-refractivity contribution in [3.63, 3.8) is 0 Å². The first-order valence-corrected chi connectivity index (χ1v) is 13.2. The van der Waals surface area contributed by atoms with Crippen LogP contribution >= 0.6 is 0 Å². The van der Waals surface area contributed by atoms with Crippen LogP contribution in [-0.4, -0.2) is 18.5 Å². The average molecular weight is 401 g/mol. The fourth-order valence-corrected chi connectivity index (χ4v) is 10.3. The van der Waals surface area contributed by atoms with Crippen molar-refractivity contribution in [2.45, 2.75) is 110 Å². The molecule has 4 saturated carbocycles. The molecule has 0 aromatic carbocycles. The van der Waals surface area contributed by atoms with E-state index in [0.717, 1.165) is 42.6 Å². The zero-order valence-electron chi connectivity index (χ0n) is 19.4. The van der Waals surface area contributed by atoms with Crippen molar-refractivity contribution in [3.05, 3.63) is 0 Å². The van der Waals surface area contributed by atoms with Gasteiger partial charge in [0.15, 0.2) is 5.79 Å². The van der Waals surface area contributed by atoms with Crippen LogP contribution in [0.2, 0.25) is 0 Å². The quantitative estimate of drug-likeness (QED) is 0.444. The fraction of sp³-hybridized carbons (Fsp3) is 1.00. The number of hydrogen-bond donors (Lipinski definition) is 0. The SMILES string of the molecule is CC1CC[C@@]2(OC1)O[C@H]1C[C@H]3C4CC[C@H]5CCCC[C@]5(C)[C@H]4CC[C@]3(C)C1[C@@H]2C. The Bertz CT molecular complexity index is 651. The number of rotatable bonds is 0. The van der Waals surface area contributed by atoms with E-state index in [1.807, 2.05) is 0 Å². The van der Waals surface area contributed by atoms with Gasteiger partial charge < -0.3 is 9.47 Å². The van der Waals surface area contributed by atoms with Crippen LogP contribution in [0.15, 0.2) is 0 Å². The van der Waals surface area contributed by atoms with E-state index in [0.29, 0.717) is 28.8 Å². The van der Waals surface area contributed by atoms with E-state index in [1.54, 1.807) is 0 Å². The van der Waals surface area contributed by atoms with Crippen molar-refractivity contribution in [1.29, 1.82) is 0 Å². The van der Waals surface area contributed by atoms with Crippen LogP contribution in [0.4, 0.5) is 0 Å². The van der Waals surface area contributed by atoms with Crippen LogP contribution in [0.3, 0.4) is 0 Å². The molecule has 2 nitrogen and oxygen atoms in total. The third kappa shape index (κ3) is 2.54. The monoisotopic (exact) mass is 400 g/mol. The van der Waals surface area contributed by atoms with Crippen molar-refractivity contribution in [2.75, 3.05) is 6.61 Å². The van der Waals surface area contributed by atoms with E-state index in [-0.39, 0.29) is 5.79 Å². The molecule has 0 N–H and O–H groups in total. The summed E-state index contributed by atoms with van der Waals surface area (Å²) in [6.07, 6.45) is 16.2. The Balaban J connectivity index is 1.27. The van der Waals surface area contributed by atoms with Crippen molar-refractivity contribution in [2.24, 2.45) is 52.3 Å². The van der Waals surface area contributed by atoms with Crippen LogP contribution < -0.4 is 0 Å². The third-order valence-electron chi connectivity index (χ3n) is 11.9. The largest absolute Gasteiger partial charge is 0.349 e. The predicted molar refractivity (Wildman–Crippen MR) is 116 cm³/mol. The Labute approximate surface area is 178 Å². The molecule has 164 valence electrons. The highest BCUT2D eigenvalue weighted by molar-refractivity contribution is 5.15. The zero-order valence-corrected chi connectivity index (χ0v) is 19.4. The maximum atomic E-state index is 6.92. The highest BCUT2D eigenvalue weighted by Crippen LogP contribution is 2.71. The topological polar surface area (TPSA) is 18.5 Å². The lowest BCUT2D eigenvalue weighted by Crippen LogP contribution is -2.54. The Morgan fingerprint density at radius 3 is 2.45 bits per heavy atom. The van der Waals surface area contributed by atoms with Gasteiger partial charge in [0.25, 0.3) is 0 Å². The first kappa shape index (κ1) is 19.6. The summed E-state index contributed by atoms with van der Waals surface area (Å²) in [6, 6.07) is 0. The minimum absolute atomic E-state index is 0.250. The lowest BCUT2D eigenvalue weighted by Gasteiger charge is -2.61. The Hall–Kier alpha value is -0.0800. The molecule has 1 spiro atoms. The van der Waals surface area contributed by atoms with E-state index in [9.17, 15) is 0 Å². The number of hydrogen-bond acceptors (Lipinski definition) is 2. The molecule has 2 aliphatic heterocycles. The summed E-state index contributed by atoms with van der Waals surface area (Å²) >= 11 is 0. The maximum Gasteiger partial charge on any atom is 0.171 e.